The number of sulfonamides is 1. The van der Waals surface area contributed by atoms with Gasteiger partial charge in [-0.15, -0.1) is 0 Å². The van der Waals surface area contributed by atoms with Crippen LogP contribution in [0.25, 0.3) is 0 Å². The van der Waals surface area contributed by atoms with Crippen molar-refractivity contribution >= 4 is 39.1 Å². The topological polar surface area (TPSA) is 66.5 Å². The number of carbonyl (C=O) groups excluding carboxylic acids is 1. The fraction of sp³-hybridized carbons (Fsp3) is 0.174. The van der Waals surface area contributed by atoms with Crippen molar-refractivity contribution in [2.75, 3.05) is 6.54 Å². The van der Waals surface area contributed by atoms with Crippen LogP contribution in [-0.4, -0.2) is 25.2 Å². The summed E-state index contributed by atoms with van der Waals surface area (Å²) in [7, 11) is -3.92. The number of hydrogen-bond donors (Lipinski definition) is 1. The lowest BCUT2D eigenvalue weighted by molar-refractivity contribution is -0.121. The Morgan fingerprint density at radius 2 is 1.58 bits per heavy atom. The van der Waals surface area contributed by atoms with Gasteiger partial charge < -0.3 is 5.32 Å². The third-order valence-electron chi connectivity index (χ3n) is 4.68. The first kappa shape index (κ1) is 23.3. The summed E-state index contributed by atoms with van der Waals surface area (Å²) in [6, 6.07) is 20.5. The highest BCUT2D eigenvalue weighted by Gasteiger charge is 2.27. The Morgan fingerprint density at radius 1 is 0.935 bits per heavy atom. The first-order valence-corrected chi connectivity index (χ1v) is 11.8. The van der Waals surface area contributed by atoms with E-state index in [0.29, 0.717) is 10.0 Å². The van der Waals surface area contributed by atoms with Gasteiger partial charge in [0.15, 0.2) is 0 Å². The molecule has 0 radical (unpaired) electrons. The molecule has 0 saturated carbocycles. The van der Waals surface area contributed by atoms with Gasteiger partial charge >= 0.3 is 0 Å². The first-order valence-electron chi connectivity index (χ1n) is 9.57. The van der Waals surface area contributed by atoms with Gasteiger partial charge in [0.1, 0.15) is 0 Å². The fourth-order valence-corrected chi connectivity index (χ4v) is 4.64. The zero-order valence-corrected chi connectivity index (χ0v) is 19.2. The summed E-state index contributed by atoms with van der Waals surface area (Å²) >= 11 is 12.0. The van der Waals surface area contributed by atoms with Gasteiger partial charge in [-0.2, -0.15) is 4.31 Å². The molecule has 0 atom stereocenters. The van der Waals surface area contributed by atoms with E-state index < -0.39 is 15.9 Å². The zero-order valence-electron chi connectivity index (χ0n) is 16.9. The van der Waals surface area contributed by atoms with E-state index in [0.717, 1.165) is 21.0 Å². The van der Waals surface area contributed by atoms with E-state index in [4.69, 9.17) is 23.2 Å². The van der Waals surface area contributed by atoms with Crippen LogP contribution in [0.5, 0.6) is 0 Å². The first-order chi connectivity index (χ1) is 14.8. The van der Waals surface area contributed by atoms with Crippen molar-refractivity contribution < 1.29 is 13.2 Å². The number of carbonyl (C=O) groups is 1. The molecule has 8 heteroatoms. The summed E-state index contributed by atoms with van der Waals surface area (Å²) < 4.78 is 27.7. The van der Waals surface area contributed by atoms with E-state index in [1.807, 2.05) is 37.3 Å². The average molecular weight is 477 g/mol. The predicted molar refractivity (Wildman–Crippen MR) is 124 cm³/mol. The van der Waals surface area contributed by atoms with E-state index in [2.05, 4.69) is 5.32 Å². The molecule has 0 aromatic heterocycles. The van der Waals surface area contributed by atoms with E-state index in [9.17, 15) is 13.2 Å². The van der Waals surface area contributed by atoms with Gasteiger partial charge in [0.2, 0.25) is 15.9 Å². The minimum atomic E-state index is -3.92. The molecule has 1 N–H and O–H groups in total. The number of benzene rings is 3. The van der Waals surface area contributed by atoms with Crippen LogP contribution in [-0.2, 0) is 27.9 Å². The molecule has 3 rings (SSSR count). The molecule has 0 spiro atoms. The molecular weight excluding hydrogens is 455 g/mol. The Labute approximate surface area is 192 Å². The molecule has 0 aliphatic heterocycles. The zero-order chi connectivity index (χ0) is 22.4. The lowest BCUT2D eigenvalue weighted by Gasteiger charge is -2.22. The van der Waals surface area contributed by atoms with Crippen LogP contribution in [0.2, 0.25) is 10.0 Å². The second-order valence-electron chi connectivity index (χ2n) is 7.08. The van der Waals surface area contributed by atoms with Crippen LogP contribution in [0.3, 0.4) is 0 Å². The summed E-state index contributed by atoms with van der Waals surface area (Å²) in [4.78, 5) is 12.7. The standard InChI is InChI=1S/C23H22Cl2N2O3S/c1-17-6-8-18(9-7-17)15-27(31(29,30)21-12-10-20(24)11-13-21)16-23(28)26-14-19-4-2-3-5-22(19)25/h2-13H,14-16H2,1H3,(H,26,28). The van der Waals surface area contributed by atoms with Crippen LogP contribution < -0.4 is 5.32 Å². The van der Waals surface area contributed by atoms with Crippen molar-refractivity contribution in [2.45, 2.75) is 24.9 Å². The number of nitrogens with one attached hydrogen (secondary N) is 1. The van der Waals surface area contributed by atoms with Crippen LogP contribution in [0.1, 0.15) is 16.7 Å². The molecule has 31 heavy (non-hydrogen) atoms. The van der Waals surface area contributed by atoms with Gasteiger partial charge in [-0.1, -0.05) is 71.2 Å². The summed E-state index contributed by atoms with van der Waals surface area (Å²) in [6.07, 6.45) is 0. The lowest BCUT2D eigenvalue weighted by Crippen LogP contribution is -2.40. The maximum Gasteiger partial charge on any atom is 0.243 e. The van der Waals surface area contributed by atoms with Crippen LogP contribution >= 0.6 is 23.2 Å². The van der Waals surface area contributed by atoms with Crippen LogP contribution in [0.4, 0.5) is 0 Å². The van der Waals surface area contributed by atoms with Crippen molar-refractivity contribution in [3.63, 3.8) is 0 Å². The molecule has 0 aliphatic carbocycles. The van der Waals surface area contributed by atoms with Gasteiger partial charge in [0.05, 0.1) is 11.4 Å². The number of rotatable bonds is 8. The number of amides is 1. The van der Waals surface area contributed by atoms with E-state index in [-0.39, 0.29) is 24.5 Å². The highest BCUT2D eigenvalue weighted by atomic mass is 35.5. The minimum Gasteiger partial charge on any atom is -0.351 e. The molecule has 5 nitrogen and oxygen atoms in total. The monoisotopic (exact) mass is 476 g/mol. The smallest absolute Gasteiger partial charge is 0.243 e. The summed E-state index contributed by atoms with van der Waals surface area (Å²) in [5.41, 5.74) is 2.60. The van der Waals surface area contributed by atoms with Crippen molar-refractivity contribution in [3.05, 3.63) is 99.5 Å². The van der Waals surface area contributed by atoms with E-state index in [1.54, 1.807) is 18.2 Å². The maximum absolute atomic E-state index is 13.3. The molecule has 0 aliphatic rings. The Morgan fingerprint density at radius 3 is 2.23 bits per heavy atom. The molecule has 162 valence electrons. The number of halogens is 2. The average Bonchev–Trinajstić information content (AvgIpc) is 2.74. The Balaban J connectivity index is 1.81. The van der Waals surface area contributed by atoms with E-state index in [1.165, 1.54) is 24.3 Å². The van der Waals surface area contributed by atoms with Gasteiger partial charge in [0.25, 0.3) is 0 Å². The molecule has 0 bridgehead atoms. The molecule has 0 heterocycles. The Bertz CT molecular complexity index is 1150. The number of nitrogens with zero attached hydrogens (tertiary/aromatic N) is 1. The molecule has 0 saturated heterocycles. The van der Waals surface area contributed by atoms with Gasteiger partial charge in [0, 0.05) is 23.1 Å². The molecule has 0 unspecified atom stereocenters. The van der Waals surface area contributed by atoms with E-state index >= 15 is 0 Å². The molecule has 0 fully saturated rings. The maximum atomic E-state index is 13.3. The van der Waals surface area contributed by atoms with Crippen LogP contribution in [0.15, 0.2) is 77.7 Å². The highest BCUT2D eigenvalue weighted by Crippen LogP contribution is 2.21. The molecule has 3 aromatic carbocycles. The largest absolute Gasteiger partial charge is 0.351 e. The van der Waals surface area contributed by atoms with Crippen molar-refractivity contribution in [2.24, 2.45) is 0 Å². The Kier molecular flexibility index (Phi) is 7.73. The summed E-state index contributed by atoms with van der Waals surface area (Å²) in [5, 5.41) is 3.71. The predicted octanol–water partition coefficient (Wildman–Crippen LogP) is 4.81. The minimum absolute atomic E-state index is 0.0603. The van der Waals surface area contributed by atoms with Crippen LogP contribution in [0, 0.1) is 6.92 Å². The highest BCUT2D eigenvalue weighted by molar-refractivity contribution is 7.89. The third-order valence-corrected chi connectivity index (χ3v) is 7.11. The van der Waals surface area contributed by atoms with Crippen molar-refractivity contribution in [1.29, 1.82) is 0 Å². The normalized spacial score (nSPS) is 11.5. The molecule has 1 amide bonds. The SMILES string of the molecule is Cc1ccc(CN(CC(=O)NCc2ccccc2Cl)S(=O)(=O)c2ccc(Cl)cc2)cc1. The second kappa shape index (κ2) is 10.3. The number of aryl methyl sites for hydroxylation is 1. The number of hydrogen-bond acceptors (Lipinski definition) is 3. The fourth-order valence-electron chi connectivity index (χ4n) is 2.93. The van der Waals surface area contributed by atoms with Crippen molar-refractivity contribution in [1.82, 2.24) is 9.62 Å². The second-order valence-corrected chi connectivity index (χ2v) is 9.86. The Hall–Kier alpha value is -2.38. The molecular formula is C23H22Cl2N2O3S. The summed E-state index contributed by atoms with van der Waals surface area (Å²) in [5.74, 6) is -0.426. The quantitative estimate of drug-likeness (QED) is 0.507. The van der Waals surface area contributed by atoms with Crippen molar-refractivity contribution in [3.8, 4) is 0 Å². The van der Waals surface area contributed by atoms with Gasteiger partial charge in [-0.05, 0) is 48.4 Å². The molecule has 3 aromatic rings. The van der Waals surface area contributed by atoms with Gasteiger partial charge in [-0.3, -0.25) is 4.79 Å². The lowest BCUT2D eigenvalue weighted by atomic mass is 10.1. The van der Waals surface area contributed by atoms with Gasteiger partial charge in [-0.25, -0.2) is 8.42 Å². The third kappa shape index (κ3) is 6.31. The summed E-state index contributed by atoms with van der Waals surface area (Å²) in [6.45, 7) is 1.89.